The van der Waals surface area contributed by atoms with Gasteiger partial charge in [-0.1, -0.05) is 12.1 Å². The Hall–Kier alpha value is -2.39. The number of thiazole rings is 1. The van der Waals surface area contributed by atoms with E-state index in [1.165, 1.54) is 11.3 Å². The van der Waals surface area contributed by atoms with Gasteiger partial charge in [-0.2, -0.15) is 5.26 Å². The van der Waals surface area contributed by atoms with Gasteiger partial charge in [0.1, 0.15) is 11.8 Å². The number of amides is 1. The largest absolute Gasteiger partial charge is 0.482 e. The van der Waals surface area contributed by atoms with Crippen LogP contribution in [0.1, 0.15) is 16.1 Å². The van der Waals surface area contributed by atoms with Gasteiger partial charge in [0.15, 0.2) is 6.61 Å². The van der Waals surface area contributed by atoms with Gasteiger partial charge in [0.25, 0.3) is 5.91 Å². The highest BCUT2D eigenvalue weighted by Gasteiger charge is 2.07. The van der Waals surface area contributed by atoms with E-state index in [4.69, 9.17) is 10.00 Å². The number of nitriles is 1. The quantitative estimate of drug-likeness (QED) is 0.913. The zero-order valence-corrected chi connectivity index (χ0v) is 11.7. The standard InChI is InChI=1S/C14H13N3O2S/c1-10-13(20-9-17-10)7-16-14(18)8-19-12-5-3-2-4-11(12)6-15/h2-5,9H,7-8H2,1H3,(H,16,18). The summed E-state index contributed by atoms with van der Waals surface area (Å²) in [5.41, 5.74) is 3.08. The molecule has 0 fully saturated rings. The summed E-state index contributed by atoms with van der Waals surface area (Å²) in [5.74, 6) is 0.185. The van der Waals surface area contributed by atoms with Crippen LogP contribution in [0.4, 0.5) is 0 Å². The molecule has 2 aromatic rings. The first-order valence-electron chi connectivity index (χ1n) is 5.98. The van der Waals surface area contributed by atoms with E-state index in [0.717, 1.165) is 10.6 Å². The van der Waals surface area contributed by atoms with Crippen LogP contribution in [0.25, 0.3) is 0 Å². The van der Waals surface area contributed by atoms with Crippen molar-refractivity contribution in [3.05, 3.63) is 45.9 Å². The smallest absolute Gasteiger partial charge is 0.258 e. The second-order valence-corrected chi connectivity index (χ2v) is 4.97. The molecule has 20 heavy (non-hydrogen) atoms. The minimum Gasteiger partial charge on any atom is -0.482 e. The Balaban J connectivity index is 1.84. The molecule has 0 aliphatic carbocycles. The van der Waals surface area contributed by atoms with Crippen LogP contribution in [0.2, 0.25) is 0 Å². The molecule has 0 atom stereocenters. The van der Waals surface area contributed by atoms with Gasteiger partial charge in [0.2, 0.25) is 0 Å². The highest BCUT2D eigenvalue weighted by Crippen LogP contribution is 2.16. The van der Waals surface area contributed by atoms with Gasteiger partial charge in [-0.15, -0.1) is 11.3 Å². The number of nitrogens with zero attached hydrogens (tertiary/aromatic N) is 2. The highest BCUT2D eigenvalue weighted by molar-refractivity contribution is 7.09. The molecule has 1 N–H and O–H groups in total. The molecule has 0 unspecified atom stereocenters. The minimum atomic E-state index is -0.231. The molecule has 0 aliphatic heterocycles. The summed E-state index contributed by atoms with van der Waals surface area (Å²) in [4.78, 5) is 16.8. The predicted molar refractivity (Wildman–Crippen MR) is 75.3 cm³/mol. The Kier molecular flexibility index (Phi) is 4.69. The van der Waals surface area contributed by atoms with Crippen LogP contribution >= 0.6 is 11.3 Å². The summed E-state index contributed by atoms with van der Waals surface area (Å²) in [5, 5.41) is 11.7. The number of benzene rings is 1. The monoisotopic (exact) mass is 287 g/mol. The van der Waals surface area contributed by atoms with E-state index in [0.29, 0.717) is 17.9 Å². The Morgan fingerprint density at radius 1 is 1.50 bits per heavy atom. The van der Waals surface area contributed by atoms with E-state index in [1.807, 2.05) is 13.0 Å². The van der Waals surface area contributed by atoms with E-state index in [-0.39, 0.29) is 12.5 Å². The van der Waals surface area contributed by atoms with Crippen LogP contribution in [0.3, 0.4) is 0 Å². The van der Waals surface area contributed by atoms with Crippen molar-refractivity contribution in [1.82, 2.24) is 10.3 Å². The van der Waals surface area contributed by atoms with Crippen molar-refractivity contribution < 1.29 is 9.53 Å². The maximum Gasteiger partial charge on any atom is 0.258 e. The third kappa shape index (κ3) is 3.56. The van der Waals surface area contributed by atoms with Crippen molar-refractivity contribution in [3.63, 3.8) is 0 Å². The molecule has 2 rings (SSSR count). The maximum absolute atomic E-state index is 11.7. The summed E-state index contributed by atoms with van der Waals surface area (Å²) in [6, 6.07) is 8.84. The fourth-order valence-corrected chi connectivity index (χ4v) is 2.27. The number of ether oxygens (including phenoxy) is 1. The number of hydrogen-bond acceptors (Lipinski definition) is 5. The zero-order chi connectivity index (χ0) is 14.4. The summed E-state index contributed by atoms with van der Waals surface area (Å²) in [6.07, 6.45) is 0. The molecule has 1 heterocycles. The van der Waals surface area contributed by atoms with Gasteiger partial charge in [-0.25, -0.2) is 4.98 Å². The van der Waals surface area contributed by atoms with Crippen molar-refractivity contribution in [1.29, 1.82) is 5.26 Å². The summed E-state index contributed by atoms with van der Waals surface area (Å²) in [6.45, 7) is 2.23. The Bertz CT molecular complexity index is 646. The van der Waals surface area contributed by atoms with Gasteiger partial charge in [-0.05, 0) is 19.1 Å². The van der Waals surface area contributed by atoms with Crippen molar-refractivity contribution in [2.24, 2.45) is 0 Å². The molecule has 6 heteroatoms. The van der Waals surface area contributed by atoms with Gasteiger partial charge in [-0.3, -0.25) is 4.79 Å². The average molecular weight is 287 g/mol. The number of carbonyl (C=O) groups is 1. The molecule has 1 amide bonds. The predicted octanol–water partition coefficient (Wildman–Crippen LogP) is 2.02. The van der Waals surface area contributed by atoms with Crippen LogP contribution in [0.15, 0.2) is 29.8 Å². The van der Waals surface area contributed by atoms with Crippen LogP contribution < -0.4 is 10.1 Å². The molecule has 0 saturated heterocycles. The molecule has 0 saturated carbocycles. The minimum absolute atomic E-state index is 0.115. The van der Waals surface area contributed by atoms with Crippen LogP contribution in [0.5, 0.6) is 5.75 Å². The summed E-state index contributed by atoms with van der Waals surface area (Å²) in [7, 11) is 0. The fourth-order valence-electron chi connectivity index (χ4n) is 1.55. The zero-order valence-electron chi connectivity index (χ0n) is 10.9. The van der Waals surface area contributed by atoms with Crippen LogP contribution in [0, 0.1) is 18.3 Å². The summed E-state index contributed by atoms with van der Waals surface area (Å²) >= 11 is 1.50. The normalized spacial score (nSPS) is 9.80. The lowest BCUT2D eigenvalue weighted by Gasteiger charge is -2.08. The lowest BCUT2D eigenvalue weighted by atomic mass is 10.2. The molecule has 102 valence electrons. The van der Waals surface area contributed by atoms with Crippen molar-refractivity contribution in [3.8, 4) is 11.8 Å². The first-order valence-corrected chi connectivity index (χ1v) is 6.86. The Morgan fingerprint density at radius 2 is 2.30 bits per heavy atom. The molecule has 0 bridgehead atoms. The van der Waals surface area contributed by atoms with Crippen LogP contribution in [-0.4, -0.2) is 17.5 Å². The molecule has 0 spiro atoms. The third-order valence-corrected chi connectivity index (χ3v) is 3.59. The van der Waals surface area contributed by atoms with E-state index >= 15 is 0 Å². The van der Waals surface area contributed by atoms with Gasteiger partial charge in [0.05, 0.1) is 23.3 Å². The number of carbonyl (C=O) groups excluding carboxylic acids is 1. The molecular weight excluding hydrogens is 274 g/mol. The second-order valence-electron chi connectivity index (χ2n) is 4.03. The van der Waals surface area contributed by atoms with E-state index in [9.17, 15) is 4.79 Å². The second kappa shape index (κ2) is 6.68. The third-order valence-electron chi connectivity index (χ3n) is 2.66. The highest BCUT2D eigenvalue weighted by atomic mass is 32.1. The Morgan fingerprint density at radius 3 is 3.00 bits per heavy atom. The van der Waals surface area contributed by atoms with Gasteiger partial charge < -0.3 is 10.1 Å². The number of aromatic nitrogens is 1. The number of hydrogen-bond donors (Lipinski definition) is 1. The number of aryl methyl sites for hydroxylation is 1. The SMILES string of the molecule is Cc1ncsc1CNC(=O)COc1ccccc1C#N. The number of rotatable bonds is 5. The molecule has 1 aromatic carbocycles. The first-order chi connectivity index (χ1) is 9.70. The number of para-hydroxylation sites is 1. The first kappa shape index (κ1) is 14.0. The number of nitrogens with one attached hydrogen (secondary N) is 1. The topological polar surface area (TPSA) is 75.0 Å². The van der Waals surface area contributed by atoms with Gasteiger partial charge in [0, 0.05) is 4.88 Å². The van der Waals surface area contributed by atoms with E-state index in [1.54, 1.807) is 29.8 Å². The molecule has 0 aliphatic rings. The van der Waals surface area contributed by atoms with Crippen LogP contribution in [-0.2, 0) is 11.3 Å². The molecule has 1 aromatic heterocycles. The summed E-state index contributed by atoms with van der Waals surface area (Å²) < 4.78 is 5.34. The Labute approximate surface area is 120 Å². The van der Waals surface area contributed by atoms with Crippen molar-refractivity contribution in [2.45, 2.75) is 13.5 Å². The van der Waals surface area contributed by atoms with Crippen molar-refractivity contribution >= 4 is 17.2 Å². The average Bonchev–Trinajstić information content (AvgIpc) is 2.88. The van der Waals surface area contributed by atoms with Gasteiger partial charge >= 0.3 is 0 Å². The molecular formula is C14H13N3O2S. The fraction of sp³-hybridized carbons (Fsp3) is 0.214. The maximum atomic E-state index is 11.7. The lowest BCUT2D eigenvalue weighted by Crippen LogP contribution is -2.28. The van der Waals surface area contributed by atoms with Crippen molar-refractivity contribution in [2.75, 3.05) is 6.61 Å². The molecule has 5 nitrogen and oxygen atoms in total. The molecule has 0 radical (unpaired) electrons. The van der Waals surface area contributed by atoms with E-state index < -0.39 is 0 Å². The van der Waals surface area contributed by atoms with E-state index in [2.05, 4.69) is 10.3 Å². The lowest BCUT2D eigenvalue weighted by molar-refractivity contribution is -0.123.